The van der Waals surface area contributed by atoms with Gasteiger partial charge in [-0.2, -0.15) is 0 Å². The van der Waals surface area contributed by atoms with E-state index >= 15 is 0 Å². The Labute approximate surface area is 92.4 Å². The van der Waals surface area contributed by atoms with E-state index in [4.69, 9.17) is 10.5 Å². The Balaban J connectivity index is 2.56. The normalized spacial score (nSPS) is 12.5. The van der Waals surface area contributed by atoms with E-state index in [1.165, 1.54) is 11.1 Å². The highest BCUT2D eigenvalue weighted by molar-refractivity contribution is 5.33. The molecule has 0 aliphatic heterocycles. The minimum Gasteiger partial charge on any atom is -0.491 e. The molecule has 1 aromatic carbocycles. The Morgan fingerprint density at radius 3 is 2.33 bits per heavy atom. The van der Waals surface area contributed by atoms with Gasteiger partial charge >= 0.3 is 0 Å². The van der Waals surface area contributed by atoms with Crippen molar-refractivity contribution in [3.8, 4) is 5.75 Å². The van der Waals surface area contributed by atoms with Crippen molar-refractivity contribution in [2.75, 3.05) is 6.54 Å². The van der Waals surface area contributed by atoms with Gasteiger partial charge in [-0.15, -0.1) is 0 Å². The Morgan fingerprint density at radius 2 is 1.80 bits per heavy atom. The Hall–Kier alpha value is -1.02. The van der Waals surface area contributed by atoms with Crippen LogP contribution in [0.15, 0.2) is 18.2 Å². The van der Waals surface area contributed by atoms with Gasteiger partial charge < -0.3 is 10.5 Å². The molecule has 0 bridgehead atoms. The molecule has 2 nitrogen and oxygen atoms in total. The molecule has 1 unspecified atom stereocenters. The molecular formula is C13H21NO. The summed E-state index contributed by atoms with van der Waals surface area (Å²) in [7, 11) is 0. The Kier molecular flexibility index (Phi) is 4.63. The summed E-state index contributed by atoms with van der Waals surface area (Å²) in [6, 6.07) is 6.30. The van der Waals surface area contributed by atoms with Crippen molar-refractivity contribution in [1.29, 1.82) is 0 Å². The molecule has 1 atom stereocenters. The average molecular weight is 207 g/mol. The molecular weight excluding hydrogens is 186 g/mol. The molecule has 2 heteroatoms. The molecule has 0 fully saturated rings. The first-order chi connectivity index (χ1) is 7.11. The third-order valence-electron chi connectivity index (χ3n) is 2.35. The molecule has 0 saturated heterocycles. The first-order valence-corrected chi connectivity index (χ1v) is 5.57. The van der Waals surface area contributed by atoms with Crippen LogP contribution < -0.4 is 10.5 Å². The zero-order valence-electron chi connectivity index (χ0n) is 9.92. The van der Waals surface area contributed by atoms with Gasteiger partial charge in [0.2, 0.25) is 0 Å². The van der Waals surface area contributed by atoms with E-state index in [0.29, 0.717) is 0 Å². The highest BCUT2D eigenvalue weighted by Gasteiger charge is 2.04. The number of hydrogen-bond acceptors (Lipinski definition) is 2. The number of hydrogen-bond donors (Lipinski definition) is 1. The lowest BCUT2D eigenvalue weighted by atomic mass is 10.1. The van der Waals surface area contributed by atoms with Crippen molar-refractivity contribution in [3.05, 3.63) is 29.3 Å². The van der Waals surface area contributed by atoms with Gasteiger partial charge in [-0.05, 0) is 63.4 Å². The van der Waals surface area contributed by atoms with Crippen LogP contribution in [0, 0.1) is 13.8 Å². The summed E-state index contributed by atoms with van der Waals surface area (Å²) in [6.45, 7) is 7.00. The molecule has 0 aromatic heterocycles. The Bertz CT molecular complexity index is 289. The number of aryl methyl sites for hydroxylation is 2. The summed E-state index contributed by atoms with van der Waals surface area (Å²) >= 11 is 0. The molecule has 0 aliphatic carbocycles. The minimum absolute atomic E-state index is 0.245. The van der Waals surface area contributed by atoms with Crippen molar-refractivity contribution in [3.63, 3.8) is 0 Å². The van der Waals surface area contributed by atoms with E-state index in [1.807, 2.05) is 0 Å². The van der Waals surface area contributed by atoms with Crippen LogP contribution in [0.4, 0.5) is 0 Å². The van der Waals surface area contributed by atoms with Gasteiger partial charge in [0.15, 0.2) is 0 Å². The van der Waals surface area contributed by atoms with Crippen LogP contribution in [0.25, 0.3) is 0 Å². The van der Waals surface area contributed by atoms with Gasteiger partial charge in [0.05, 0.1) is 6.10 Å². The van der Waals surface area contributed by atoms with E-state index in [2.05, 4.69) is 39.0 Å². The summed E-state index contributed by atoms with van der Waals surface area (Å²) in [5.74, 6) is 0.969. The van der Waals surface area contributed by atoms with Crippen LogP contribution in [0.2, 0.25) is 0 Å². The first kappa shape index (κ1) is 12.1. The lowest BCUT2D eigenvalue weighted by Gasteiger charge is -2.15. The molecule has 0 heterocycles. The number of benzene rings is 1. The van der Waals surface area contributed by atoms with Crippen molar-refractivity contribution < 1.29 is 4.74 Å². The van der Waals surface area contributed by atoms with E-state index in [9.17, 15) is 0 Å². The fraction of sp³-hybridized carbons (Fsp3) is 0.538. The molecule has 1 aromatic rings. The van der Waals surface area contributed by atoms with Gasteiger partial charge in [-0.3, -0.25) is 0 Å². The van der Waals surface area contributed by atoms with E-state index in [0.717, 1.165) is 25.1 Å². The van der Waals surface area contributed by atoms with Crippen LogP contribution in [-0.4, -0.2) is 12.6 Å². The van der Waals surface area contributed by atoms with E-state index in [1.54, 1.807) is 0 Å². The second-order valence-corrected chi connectivity index (χ2v) is 4.18. The third-order valence-corrected chi connectivity index (χ3v) is 2.35. The zero-order valence-corrected chi connectivity index (χ0v) is 9.92. The van der Waals surface area contributed by atoms with Crippen molar-refractivity contribution in [2.24, 2.45) is 5.73 Å². The quantitative estimate of drug-likeness (QED) is 0.805. The van der Waals surface area contributed by atoms with E-state index in [-0.39, 0.29) is 6.10 Å². The van der Waals surface area contributed by atoms with Crippen molar-refractivity contribution in [2.45, 2.75) is 39.7 Å². The molecule has 15 heavy (non-hydrogen) atoms. The molecule has 0 saturated carbocycles. The second kappa shape index (κ2) is 5.76. The van der Waals surface area contributed by atoms with Crippen LogP contribution in [0.3, 0.4) is 0 Å². The van der Waals surface area contributed by atoms with Crippen molar-refractivity contribution in [1.82, 2.24) is 0 Å². The molecule has 0 radical (unpaired) electrons. The molecule has 0 spiro atoms. The van der Waals surface area contributed by atoms with Gasteiger partial charge in [-0.25, -0.2) is 0 Å². The van der Waals surface area contributed by atoms with Gasteiger partial charge in [-0.1, -0.05) is 6.07 Å². The first-order valence-electron chi connectivity index (χ1n) is 5.57. The average Bonchev–Trinajstić information content (AvgIpc) is 2.13. The SMILES string of the molecule is Cc1cc(C)cc(OC(C)CCCN)c1. The van der Waals surface area contributed by atoms with Gasteiger partial charge in [0.1, 0.15) is 5.75 Å². The third kappa shape index (κ3) is 4.34. The standard InChI is InChI=1S/C13H21NO/c1-10-7-11(2)9-13(8-10)15-12(3)5-4-6-14/h7-9,12H,4-6,14H2,1-3H3. The van der Waals surface area contributed by atoms with Crippen molar-refractivity contribution >= 4 is 0 Å². The highest BCUT2D eigenvalue weighted by Crippen LogP contribution is 2.18. The largest absolute Gasteiger partial charge is 0.491 e. The lowest BCUT2D eigenvalue weighted by molar-refractivity contribution is 0.208. The van der Waals surface area contributed by atoms with Gasteiger partial charge in [0, 0.05) is 0 Å². The number of rotatable bonds is 5. The summed E-state index contributed by atoms with van der Waals surface area (Å²) in [6.07, 6.45) is 2.28. The van der Waals surface area contributed by atoms with E-state index < -0.39 is 0 Å². The predicted octanol–water partition coefficient (Wildman–Crippen LogP) is 2.81. The monoisotopic (exact) mass is 207 g/mol. The lowest BCUT2D eigenvalue weighted by Crippen LogP contribution is -2.14. The number of ether oxygens (including phenoxy) is 1. The fourth-order valence-electron chi connectivity index (χ4n) is 1.70. The highest BCUT2D eigenvalue weighted by atomic mass is 16.5. The van der Waals surface area contributed by atoms with Crippen LogP contribution in [-0.2, 0) is 0 Å². The summed E-state index contributed by atoms with van der Waals surface area (Å²) in [5.41, 5.74) is 7.96. The second-order valence-electron chi connectivity index (χ2n) is 4.18. The minimum atomic E-state index is 0.245. The molecule has 1 rings (SSSR count). The predicted molar refractivity (Wildman–Crippen MR) is 64.3 cm³/mol. The summed E-state index contributed by atoms with van der Waals surface area (Å²) in [4.78, 5) is 0. The maximum Gasteiger partial charge on any atom is 0.120 e. The topological polar surface area (TPSA) is 35.2 Å². The van der Waals surface area contributed by atoms with Gasteiger partial charge in [0.25, 0.3) is 0 Å². The number of nitrogens with two attached hydrogens (primary N) is 1. The maximum atomic E-state index is 5.82. The summed E-state index contributed by atoms with van der Waals surface area (Å²) in [5, 5.41) is 0. The van der Waals surface area contributed by atoms with Crippen LogP contribution >= 0.6 is 0 Å². The summed E-state index contributed by atoms with van der Waals surface area (Å²) < 4.78 is 5.82. The smallest absolute Gasteiger partial charge is 0.120 e. The molecule has 84 valence electrons. The molecule has 0 aliphatic rings. The maximum absolute atomic E-state index is 5.82. The fourth-order valence-corrected chi connectivity index (χ4v) is 1.70. The molecule has 2 N–H and O–H groups in total. The Morgan fingerprint density at radius 1 is 1.20 bits per heavy atom. The van der Waals surface area contributed by atoms with Crippen LogP contribution in [0.1, 0.15) is 30.9 Å². The molecule has 0 amide bonds. The zero-order chi connectivity index (χ0) is 11.3. The van der Waals surface area contributed by atoms with Crippen LogP contribution in [0.5, 0.6) is 5.75 Å².